The van der Waals surface area contributed by atoms with Crippen LogP contribution in [0.25, 0.3) is 0 Å². The Kier molecular flexibility index (Phi) is 7.45. The summed E-state index contributed by atoms with van der Waals surface area (Å²) in [5.74, 6) is 0.317. The molecule has 0 aromatic carbocycles. The SMILES string of the molecule is CC(=O)CC1CCCCCN1CCCCCO. The van der Waals surface area contributed by atoms with Crippen LogP contribution >= 0.6 is 0 Å². The molecule has 1 aliphatic heterocycles. The molecule has 1 rings (SSSR count). The lowest BCUT2D eigenvalue weighted by Gasteiger charge is -2.29. The van der Waals surface area contributed by atoms with E-state index in [4.69, 9.17) is 5.11 Å². The second-order valence-corrected chi connectivity index (χ2v) is 5.23. The highest BCUT2D eigenvalue weighted by molar-refractivity contribution is 5.76. The van der Waals surface area contributed by atoms with Crippen molar-refractivity contribution in [1.29, 1.82) is 0 Å². The van der Waals surface area contributed by atoms with Gasteiger partial charge in [-0.1, -0.05) is 12.8 Å². The lowest BCUT2D eigenvalue weighted by Crippen LogP contribution is -2.36. The summed E-state index contributed by atoms with van der Waals surface area (Å²) >= 11 is 0. The van der Waals surface area contributed by atoms with Gasteiger partial charge in [0.25, 0.3) is 0 Å². The minimum atomic E-state index is 0.302. The zero-order valence-corrected chi connectivity index (χ0v) is 11.2. The monoisotopic (exact) mass is 241 g/mol. The molecule has 1 N–H and O–H groups in total. The number of carbonyl (C=O) groups is 1. The number of Topliss-reactive ketones (excluding diaryl/α,β-unsaturated/α-hetero) is 1. The van der Waals surface area contributed by atoms with Crippen LogP contribution < -0.4 is 0 Å². The van der Waals surface area contributed by atoms with Crippen LogP contribution in [-0.2, 0) is 4.79 Å². The Morgan fingerprint density at radius 2 is 2.06 bits per heavy atom. The zero-order valence-electron chi connectivity index (χ0n) is 11.2. The average Bonchev–Trinajstić information content (AvgIpc) is 2.50. The van der Waals surface area contributed by atoms with Crippen molar-refractivity contribution in [2.45, 2.75) is 64.3 Å². The van der Waals surface area contributed by atoms with Gasteiger partial charge < -0.3 is 5.11 Å². The minimum Gasteiger partial charge on any atom is -0.396 e. The van der Waals surface area contributed by atoms with E-state index in [0.717, 1.165) is 38.8 Å². The zero-order chi connectivity index (χ0) is 12.5. The van der Waals surface area contributed by atoms with Crippen LogP contribution in [0.3, 0.4) is 0 Å². The van der Waals surface area contributed by atoms with Gasteiger partial charge in [-0.2, -0.15) is 0 Å². The molecule has 1 atom stereocenters. The molecule has 0 saturated carbocycles. The molecule has 1 saturated heterocycles. The standard InChI is InChI=1S/C14H27NO2/c1-13(17)12-14-8-4-2-5-9-15(14)10-6-3-7-11-16/h14,16H,2-12H2,1H3. The van der Waals surface area contributed by atoms with Gasteiger partial charge in [-0.05, 0) is 52.1 Å². The van der Waals surface area contributed by atoms with Crippen LogP contribution in [-0.4, -0.2) is 41.5 Å². The quantitative estimate of drug-likeness (QED) is 0.696. The molecule has 0 spiro atoms. The molecule has 100 valence electrons. The van der Waals surface area contributed by atoms with Crippen LogP contribution in [0.2, 0.25) is 0 Å². The lowest BCUT2D eigenvalue weighted by atomic mass is 10.0. The highest BCUT2D eigenvalue weighted by Crippen LogP contribution is 2.20. The predicted octanol–water partition coefficient (Wildman–Crippen LogP) is 2.37. The Bertz CT molecular complexity index is 218. The van der Waals surface area contributed by atoms with Crippen LogP contribution in [0, 0.1) is 0 Å². The van der Waals surface area contributed by atoms with Crippen LogP contribution in [0.1, 0.15) is 58.3 Å². The summed E-state index contributed by atoms with van der Waals surface area (Å²) < 4.78 is 0. The van der Waals surface area contributed by atoms with E-state index >= 15 is 0 Å². The number of carbonyl (C=O) groups excluding carboxylic acids is 1. The van der Waals surface area contributed by atoms with E-state index in [1.165, 1.54) is 25.7 Å². The highest BCUT2D eigenvalue weighted by Gasteiger charge is 2.21. The molecule has 3 heteroatoms. The van der Waals surface area contributed by atoms with Crippen molar-refractivity contribution in [2.75, 3.05) is 19.7 Å². The topological polar surface area (TPSA) is 40.5 Å². The molecule has 1 unspecified atom stereocenters. The fourth-order valence-electron chi connectivity index (χ4n) is 2.70. The maximum atomic E-state index is 11.3. The van der Waals surface area contributed by atoms with Crippen molar-refractivity contribution in [1.82, 2.24) is 4.90 Å². The first-order chi connectivity index (χ1) is 8.24. The summed E-state index contributed by atoms with van der Waals surface area (Å²) in [5, 5.41) is 8.76. The summed E-state index contributed by atoms with van der Waals surface area (Å²) in [4.78, 5) is 13.8. The Hall–Kier alpha value is -0.410. The van der Waals surface area contributed by atoms with Gasteiger partial charge in [0, 0.05) is 19.1 Å². The highest BCUT2D eigenvalue weighted by atomic mass is 16.2. The number of ketones is 1. The maximum Gasteiger partial charge on any atom is 0.131 e. The first-order valence-corrected chi connectivity index (χ1v) is 7.08. The third-order valence-corrected chi connectivity index (χ3v) is 3.63. The molecule has 0 aliphatic carbocycles. The number of rotatable bonds is 7. The van der Waals surface area contributed by atoms with Gasteiger partial charge in [0.05, 0.1) is 0 Å². The summed E-state index contributed by atoms with van der Waals surface area (Å²) in [7, 11) is 0. The number of aliphatic hydroxyl groups is 1. The molecule has 17 heavy (non-hydrogen) atoms. The summed E-state index contributed by atoms with van der Waals surface area (Å²) in [5.41, 5.74) is 0. The van der Waals surface area contributed by atoms with Crippen LogP contribution in [0.15, 0.2) is 0 Å². The van der Waals surface area contributed by atoms with Gasteiger partial charge in [-0.15, -0.1) is 0 Å². The van der Waals surface area contributed by atoms with Crippen molar-refractivity contribution in [3.63, 3.8) is 0 Å². The molecular formula is C14H27NO2. The van der Waals surface area contributed by atoms with E-state index in [2.05, 4.69) is 4.90 Å². The fourth-order valence-corrected chi connectivity index (χ4v) is 2.70. The second-order valence-electron chi connectivity index (χ2n) is 5.23. The van der Waals surface area contributed by atoms with E-state index in [1.54, 1.807) is 6.92 Å². The van der Waals surface area contributed by atoms with Gasteiger partial charge in [0.15, 0.2) is 0 Å². The number of hydrogen-bond acceptors (Lipinski definition) is 3. The minimum absolute atomic E-state index is 0.302. The van der Waals surface area contributed by atoms with Crippen molar-refractivity contribution in [3.05, 3.63) is 0 Å². The third kappa shape index (κ3) is 6.18. The molecule has 1 fully saturated rings. The van der Waals surface area contributed by atoms with E-state index < -0.39 is 0 Å². The lowest BCUT2D eigenvalue weighted by molar-refractivity contribution is -0.118. The van der Waals surface area contributed by atoms with E-state index in [1.807, 2.05) is 0 Å². The Balaban J connectivity index is 2.35. The second kappa shape index (κ2) is 8.65. The average molecular weight is 241 g/mol. The fraction of sp³-hybridized carbons (Fsp3) is 0.929. The normalized spacial score (nSPS) is 22.4. The predicted molar refractivity (Wildman–Crippen MR) is 70.1 cm³/mol. The summed E-state index contributed by atoms with van der Waals surface area (Å²) in [6, 6.07) is 0.476. The molecule has 0 radical (unpaired) electrons. The molecule has 1 heterocycles. The molecule has 0 aromatic heterocycles. The van der Waals surface area contributed by atoms with Crippen molar-refractivity contribution >= 4 is 5.78 Å². The van der Waals surface area contributed by atoms with Gasteiger partial charge in [0.1, 0.15) is 5.78 Å². The summed E-state index contributed by atoms with van der Waals surface area (Å²) in [6.07, 6.45) is 8.90. The van der Waals surface area contributed by atoms with Crippen LogP contribution in [0.5, 0.6) is 0 Å². The van der Waals surface area contributed by atoms with Gasteiger partial charge in [-0.25, -0.2) is 0 Å². The summed E-state index contributed by atoms with van der Waals surface area (Å²) in [6.45, 7) is 4.25. The van der Waals surface area contributed by atoms with E-state index in [9.17, 15) is 4.79 Å². The number of likely N-dealkylation sites (tertiary alicyclic amines) is 1. The Morgan fingerprint density at radius 1 is 1.24 bits per heavy atom. The number of nitrogens with zero attached hydrogens (tertiary/aromatic N) is 1. The molecule has 0 amide bonds. The van der Waals surface area contributed by atoms with Crippen molar-refractivity contribution in [2.24, 2.45) is 0 Å². The first-order valence-electron chi connectivity index (χ1n) is 7.08. The maximum absolute atomic E-state index is 11.3. The molecule has 1 aliphatic rings. The van der Waals surface area contributed by atoms with Gasteiger partial charge >= 0.3 is 0 Å². The largest absolute Gasteiger partial charge is 0.396 e. The van der Waals surface area contributed by atoms with E-state index in [-0.39, 0.29) is 0 Å². The molecular weight excluding hydrogens is 214 g/mol. The van der Waals surface area contributed by atoms with Crippen LogP contribution in [0.4, 0.5) is 0 Å². The van der Waals surface area contributed by atoms with E-state index in [0.29, 0.717) is 18.4 Å². The number of hydrogen-bond donors (Lipinski definition) is 1. The van der Waals surface area contributed by atoms with Crippen molar-refractivity contribution < 1.29 is 9.90 Å². The Morgan fingerprint density at radius 3 is 2.76 bits per heavy atom. The Labute approximate surface area is 105 Å². The van der Waals surface area contributed by atoms with Crippen molar-refractivity contribution in [3.8, 4) is 0 Å². The van der Waals surface area contributed by atoms with Gasteiger partial charge in [0.2, 0.25) is 0 Å². The third-order valence-electron chi connectivity index (χ3n) is 3.63. The smallest absolute Gasteiger partial charge is 0.131 e. The molecule has 3 nitrogen and oxygen atoms in total. The molecule has 0 bridgehead atoms. The number of unbranched alkanes of at least 4 members (excludes halogenated alkanes) is 2. The van der Waals surface area contributed by atoms with Gasteiger partial charge in [-0.3, -0.25) is 9.69 Å². The number of aliphatic hydroxyl groups excluding tert-OH is 1. The molecule has 0 aromatic rings. The first kappa shape index (κ1) is 14.7.